The molecule has 1 aliphatic heterocycles. The maximum Gasteiger partial charge on any atom is 0.260 e. The second-order valence-corrected chi connectivity index (χ2v) is 4.73. The van der Waals surface area contributed by atoms with Crippen LogP contribution in [0.5, 0.6) is 11.5 Å². The number of hydrogen-bond acceptors (Lipinski definition) is 5. The van der Waals surface area contributed by atoms with Crippen LogP contribution in [-0.2, 0) is 4.79 Å². The summed E-state index contributed by atoms with van der Waals surface area (Å²) in [6.07, 6.45) is 0. The summed E-state index contributed by atoms with van der Waals surface area (Å²) in [6.45, 7) is 3.71. The number of nitrogens with zero attached hydrogens (tertiary/aromatic N) is 2. The Morgan fingerprint density at radius 1 is 1.15 bits per heavy atom. The summed E-state index contributed by atoms with van der Waals surface area (Å²) in [4.78, 5) is 15.9. The number of aromatic hydroxyl groups is 1. The van der Waals surface area contributed by atoms with E-state index in [1.165, 1.54) is 12.1 Å². The highest BCUT2D eigenvalue weighted by Gasteiger charge is 2.20. The molecule has 6 heteroatoms. The normalized spacial score (nSPS) is 16.1. The number of carbonyl (C=O) groups is 1. The van der Waals surface area contributed by atoms with Crippen molar-refractivity contribution in [2.24, 2.45) is 0 Å². The molecule has 0 atom stereocenters. The van der Waals surface area contributed by atoms with Crippen LogP contribution in [0.25, 0.3) is 0 Å². The molecule has 1 aliphatic rings. The van der Waals surface area contributed by atoms with Gasteiger partial charge in [-0.05, 0) is 24.3 Å². The van der Waals surface area contributed by atoms with Crippen molar-refractivity contribution in [3.63, 3.8) is 0 Å². The van der Waals surface area contributed by atoms with Crippen LogP contribution < -0.4 is 4.74 Å². The topological polar surface area (TPSA) is 73.2 Å². The molecule has 1 saturated heterocycles. The first-order chi connectivity index (χ1) is 9.69. The molecule has 20 heavy (non-hydrogen) atoms. The lowest BCUT2D eigenvalue weighted by atomic mass is 10.3. The number of β-amino-alcohol motifs (C(OH)–C–C–N with tert-alkyl or cyclic N) is 1. The van der Waals surface area contributed by atoms with Gasteiger partial charge in [0, 0.05) is 32.7 Å². The molecule has 0 spiro atoms. The maximum absolute atomic E-state index is 12.0. The van der Waals surface area contributed by atoms with Crippen molar-refractivity contribution in [3.8, 4) is 11.5 Å². The zero-order valence-electron chi connectivity index (χ0n) is 11.4. The number of hydrogen-bond donors (Lipinski definition) is 2. The molecule has 2 N–H and O–H groups in total. The molecule has 2 rings (SSSR count). The summed E-state index contributed by atoms with van der Waals surface area (Å²) in [5.74, 6) is 0.695. The highest BCUT2D eigenvalue weighted by Crippen LogP contribution is 2.16. The van der Waals surface area contributed by atoms with Crippen LogP contribution in [0, 0.1) is 0 Å². The van der Waals surface area contributed by atoms with E-state index in [1.807, 2.05) is 0 Å². The predicted octanol–water partition coefficient (Wildman–Crippen LogP) is -0.0925. The quantitative estimate of drug-likeness (QED) is 0.788. The summed E-state index contributed by atoms with van der Waals surface area (Å²) in [6, 6.07) is 6.30. The molecule has 1 fully saturated rings. The third-order valence-corrected chi connectivity index (χ3v) is 3.34. The molecule has 0 aliphatic carbocycles. The largest absolute Gasteiger partial charge is 0.508 e. The second kappa shape index (κ2) is 7.12. The third-order valence-electron chi connectivity index (χ3n) is 3.34. The van der Waals surface area contributed by atoms with E-state index >= 15 is 0 Å². The minimum absolute atomic E-state index is 0.00474. The van der Waals surface area contributed by atoms with Gasteiger partial charge in [-0.3, -0.25) is 9.69 Å². The van der Waals surface area contributed by atoms with Gasteiger partial charge >= 0.3 is 0 Å². The Morgan fingerprint density at radius 3 is 2.40 bits per heavy atom. The highest BCUT2D eigenvalue weighted by molar-refractivity contribution is 5.77. The minimum atomic E-state index is -0.0401. The van der Waals surface area contributed by atoms with Gasteiger partial charge in [0.05, 0.1) is 6.61 Å². The molecule has 6 nitrogen and oxygen atoms in total. The first-order valence-electron chi connectivity index (χ1n) is 6.72. The van der Waals surface area contributed by atoms with E-state index < -0.39 is 0 Å². The smallest absolute Gasteiger partial charge is 0.260 e. The van der Waals surface area contributed by atoms with Crippen molar-refractivity contribution >= 4 is 5.91 Å². The molecule has 0 bridgehead atoms. The van der Waals surface area contributed by atoms with E-state index in [1.54, 1.807) is 17.0 Å². The van der Waals surface area contributed by atoms with Gasteiger partial charge in [-0.1, -0.05) is 0 Å². The number of ether oxygens (including phenoxy) is 1. The molecule has 0 saturated carbocycles. The number of aliphatic hydroxyl groups is 1. The van der Waals surface area contributed by atoms with Crippen LogP contribution in [0.4, 0.5) is 0 Å². The number of carbonyl (C=O) groups excluding carboxylic acids is 1. The van der Waals surface area contributed by atoms with Gasteiger partial charge in [0.2, 0.25) is 0 Å². The van der Waals surface area contributed by atoms with Gasteiger partial charge in [0.25, 0.3) is 5.91 Å². The Bertz CT molecular complexity index is 427. The predicted molar refractivity (Wildman–Crippen MR) is 73.7 cm³/mol. The summed E-state index contributed by atoms with van der Waals surface area (Å²) in [7, 11) is 0. The van der Waals surface area contributed by atoms with Gasteiger partial charge in [0.1, 0.15) is 11.5 Å². The van der Waals surface area contributed by atoms with Crippen molar-refractivity contribution < 1.29 is 19.7 Å². The summed E-state index contributed by atoms with van der Waals surface area (Å²) >= 11 is 0. The van der Waals surface area contributed by atoms with Crippen molar-refractivity contribution in [2.75, 3.05) is 45.9 Å². The lowest BCUT2D eigenvalue weighted by Crippen LogP contribution is -2.50. The fraction of sp³-hybridized carbons (Fsp3) is 0.500. The van der Waals surface area contributed by atoms with E-state index in [9.17, 15) is 4.79 Å². The number of aliphatic hydroxyl groups excluding tert-OH is 1. The number of amides is 1. The molecule has 0 aromatic heterocycles. The number of phenols is 1. The lowest BCUT2D eigenvalue weighted by molar-refractivity contribution is -0.135. The van der Waals surface area contributed by atoms with Crippen molar-refractivity contribution in [2.45, 2.75) is 0 Å². The lowest BCUT2D eigenvalue weighted by Gasteiger charge is -2.34. The third kappa shape index (κ3) is 4.11. The maximum atomic E-state index is 12.0. The average Bonchev–Trinajstić information content (AvgIpc) is 2.47. The Morgan fingerprint density at radius 2 is 1.80 bits per heavy atom. The zero-order valence-corrected chi connectivity index (χ0v) is 11.4. The summed E-state index contributed by atoms with van der Waals surface area (Å²) in [5, 5.41) is 18.0. The first kappa shape index (κ1) is 14.6. The van der Waals surface area contributed by atoms with Crippen LogP contribution >= 0.6 is 0 Å². The number of piperazine rings is 1. The summed E-state index contributed by atoms with van der Waals surface area (Å²) < 4.78 is 5.39. The number of benzene rings is 1. The second-order valence-electron chi connectivity index (χ2n) is 4.73. The van der Waals surface area contributed by atoms with Gasteiger partial charge < -0.3 is 19.8 Å². The van der Waals surface area contributed by atoms with E-state index in [0.717, 1.165) is 13.1 Å². The van der Waals surface area contributed by atoms with Crippen LogP contribution in [0.1, 0.15) is 0 Å². The highest BCUT2D eigenvalue weighted by atomic mass is 16.5. The molecule has 0 radical (unpaired) electrons. The molecule has 1 amide bonds. The Kier molecular flexibility index (Phi) is 5.20. The molecule has 0 unspecified atom stereocenters. The zero-order chi connectivity index (χ0) is 14.4. The Balaban J connectivity index is 1.74. The van der Waals surface area contributed by atoms with E-state index in [0.29, 0.717) is 25.4 Å². The van der Waals surface area contributed by atoms with E-state index in [2.05, 4.69) is 4.90 Å². The monoisotopic (exact) mass is 280 g/mol. The first-order valence-corrected chi connectivity index (χ1v) is 6.72. The number of phenolic OH excluding ortho intramolecular Hbond substituents is 1. The van der Waals surface area contributed by atoms with Crippen LogP contribution in [0.2, 0.25) is 0 Å². The fourth-order valence-corrected chi connectivity index (χ4v) is 2.14. The number of rotatable bonds is 5. The average molecular weight is 280 g/mol. The van der Waals surface area contributed by atoms with Crippen molar-refractivity contribution in [3.05, 3.63) is 24.3 Å². The molecule has 1 aromatic rings. The van der Waals surface area contributed by atoms with Crippen LogP contribution in [0.15, 0.2) is 24.3 Å². The molecular weight excluding hydrogens is 260 g/mol. The van der Waals surface area contributed by atoms with Crippen LogP contribution in [-0.4, -0.2) is 71.9 Å². The van der Waals surface area contributed by atoms with Gasteiger partial charge in [-0.25, -0.2) is 0 Å². The molecule has 1 aromatic carbocycles. The van der Waals surface area contributed by atoms with Gasteiger partial charge in [-0.2, -0.15) is 0 Å². The van der Waals surface area contributed by atoms with Crippen molar-refractivity contribution in [1.29, 1.82) is 0 Å². The van der Waals surface area contributed by atoms with Crippen molar-refractivity contribution in [1.82, 2.24) is 9.80 Å². The van der Waals surface area contributed by atoms with E-state index in [-0.39, 0.29) is 24.9 Å². The Hall–Kier alpha value is -1.79. The van der Waals surface area contributed by atoms with Gasteiger partial charge in [0.15, 0.2) is 6.61 Å². The fourth-order valence-electron chi connectivity index (χ4n) is 2.14. The van der Waals surface area contributed by atoms with Crippen LogP contribution in [0.3, 0.4) is 0 Å². The summed E-state index contributed by atoms with van der Waals surface area (Å²) in [5.41, 5.74) is 0. The molecular formula is C14H20N2O4. The Labute approximate surface area is 118 Å². The van der Waals surface area contributed by atoms with Gasteiger partial charge in [-0.15, -0.1) is 0 Å². The molecule has 1 heterocycles. The SMILES string of the molecule is O=C(COc1ccc(O)cc1)N1CCN(CCO)CC1. The standard InChI is InChI=1S/C14H20N2O4/c17-10-9-15-5-7-16(8-6-15)14(19)11-20-13-3-1-12(18)2-4-13/h1-4,17-18H,5-11H2. The van der Waals surface area contributed by atoms with E-state index in [4.69, 9.17) is 14.9 Å². The minimum Gasteiger partial charge on any atom is -0.508 e. The molecule has 110 valence electrons.